The molecule has 446 valence electrons. The second-order valence-electron chi connectivity index (χ2n) is 21.2. The number of allylic oxidation sites excluding steroid dienone is 25. The number of carbonyl (C=O) groups is 2. The van der Waals surface area contributed by atoms with Gasteiger partial charge in [-0.15, -0.1) is 0 Å². The lowest BCUT2D eigenvalue weighted by Gasteiger charge is -2.30. The quantitative estimate of drug-likeness (QED) is 0.0161. The van der Waals surface area contributed by atoms with Crippen LogP contribution in [0.1, 0.15) is 213 Å². The van der Waals surface area contributed by atoms with Gasteiger partial charge in [0.05, 0.1) is 33.8 Å². The SMILES string of the molecule is CC\C=C/C=C/C=C/C=C\C=C\C=C\CCCCCC(=O)NC(COP(=O)([O-])OCC[N+](C)(C)C)C(/C=C\CCCCCCCCCCCCC)OC(=O)CCCCCC/C=C\C/C=C\C/C=C\C/C=C\C/C=C\C/C=C\CC. The first-order valence-corrected chi connectivity index (χ1v) is 32.3. The predicted octanol–water partition coefficient (Wildman–Crippen LogP) is 18.6. The van der Waals surface area contributed by atoms with Crippen molar-refractivity contribution < 1.29 is 37.3 Å². The number of phosphoric ester groups is 1. The molecule has 0 aromatic carbocycles. The summed E-state index contributed by atoms with van der Waals surface area (Å²) in [6.45, 7) is 6.50. The van der Waals surface area contributed by atoms with E-state index in [4.69, 9.17) is 13.8 Å². The summed E-state index contributed by atoms with van der Waals surface area (Å²) in [5.74, 6) is -0.636. The fourth-order valence-corrected chi connectivity index (χ4v) is 8.63. The molecule has 0 aromatic rings. The molecule has 9 nitrogen and oxygen atoms in total. The Morgan fingerprint density at radius 1 is 0.468 bits per heavy atom. The number of ether oxygens (including phenoxy) is 1. The smallest absolute Gasteiger partial charge is 0.306 e. The molecule has 0 rings (SSSR count). The molecule has 0 heterocycles. The Balaban J connectivity index is 5.43. The molecule has 0 bridgehead atoms. The lowest BCUT2D eigenvalue weighted by molar-refractivity contribution is -0.870. The number of esters is 1. The number of nitrogens with one attached hydrogen (secondary N) is 1. The van der Waals surface area contributed by atoms with E-state index in [9.17, 15) is 19.0 Å². The highest BCUT2D eigenvalue weighted by Crippen LogP contribution is 2.38. The topological polar surface area (TPSA) is 114 Å². The fourth-order valence-electron chi connectivity index (χ4n) is 7.91. The van der Waals surface area contributed by atoms with Crippen LogP contribution in [0.4, 0.5) is 0 Å². The van der Waals surface area contributed by atoms with Gasteiger partial charge in [-0.05, 0) is 102 Å². The summed E-state index contributed by atoms with van der Waals surface area (Å²) in [6.07, 6.45) is 83.5. The van der Waals surface area contributed by atoms with Crippen molar-refractivity contribution in [2.45, 2.75) is 226 Å². The van der Waals surface area contributed by atoms with Gasteiger partial charge >= 0.3 is 5.97 Å². The van der Waals surface area contributed by atoms with Crippen LogP contribution in [0.5, 0.6) is 0 Å². The Hall–Kier alpha value is -4.37. The molecule has 0 saturated heterocycles. The lowest BCUT2D eigenvalue weighted by atomic mass is 10.0. The normalized spacial score (nSPS) is 14.8. The Kier molecular flexibility index (Phi) is 53.7. The number of carbonyl (C=O) groups excluding carboxylic acids is 2. The molecule has 0 aromatic heterocycles. The first-order chi connectivity index (χ1) is 38.4. The second-order valence-corrected chi connectivity index (χ2v) is 22.7. The standard InChI is InChI=1S/C69H113N2O7P/c1-7-10-13-16-19-22-25-28-30-32-33-34-35-36-37-39-41-44-47-50-53-56-59-62-69(73)78-67(60-57-54-51-48-45-42-27-24-21-18-15-12-9-3)66(65-77-79(74,75)76-64-63-71(4,5)6)70-68(72)61-58-55-52-49-46-43-40-38-31-29-26-23-20-17-14-11-8-2/h10-11,13-14,17,19-20,22-23,26,28-31,33-34,36-38,40-41,43-44,46,57,60,66-67H,7-9,12,15-16,18,21,24-25,27,32,35,39,42,45,47-56,58-59,61-65H2,1-6H3,(H-,70,72,74,75)/b13-10-,14-11-,20-17+,22-19-,26-23+,30-28-,31-29-,34-33-,37-36-,40-38+,44-41-,46-43+,60-57-. The molecule has 0 spiro atoms. The lowest BCUT2D eigenvalue weighted by Crippen LogP contribution is -2.47. The summed E-state index contributed by atoms with van der Waals surface area (Å²) in [7, 11) is 1.11. The largest absolute Gasteiger partial charge is 0.756 e. The molecule has 10 heteroatoms. The van der Waals surface area contributed by atoms with Gasteiger partial charge in [0, 0.05) is 12.8 Å². The molecule has 0 radical (unpaired) electrons. The maximum Gasteiger partial charge on any atom is 0.306 e. The van der Waals surface area contributed by atoms with Crippen molar-refractivity contribution in [1.82, 2.24) is 5.32 Å². The summed E-state index contributed by atoms with van der Waals surface area (Å²) in [4.78, 5) is 40.0. The van der Waals surface area contributed by atoms with E-state index < -0.39 is 26.6 Å². The van der Waals surface area contributed by atoms with Gasteiger partial charge in [-0.3, -0.25) is 14.2 Å². The highest BCUT2D eigenvalue weighted by Gasteiger charge is 2.27. The number of quaternary nitrogens is 1. The van der Waals surface area contributed by atoms with E-state index in [0.717, 1.165) is 109 Å². The molecular weight excluding hydrogens is 1000 g/mol. The number of hydrogen-bond donors (Lipinski definition) is 1. The third kappa shape index (κ3) is 58.1. The van der Waals surface area contributed by atoms with Crippen LogP contribution in [0.2, 0.25) is 0 Å². The molecular formula is C69H113N2O7P. The highest BCUT2D eigenvalue weighted by atomic mass is 31.2. The van der Waals surface area contributed by atoms with E-state index >= 15 is 0 Å². The molecule has 3 atom stereocenters. The average molecular weight is 1110 g/mol. The minimum atomic E-state index is -4.73. The van der Waals surface area contributed by atoms with Crippen LogP contribution in [-0.4, -0.2) is 69.4 Å². The second kappa shape index (κ2) is 56.9. The van der Waals surface area contributed by atoms with Gasteiger partial charge in [0.15, 0.2) is 0 Å². The first-order valence-electron chi connectivity index (χ1n) is 30.9. The zero-order valence-corrected chi connectivity index (χ0v) is 51.6. The van der Waals surface area contributed by atoms with Crippen molar-refractivity contribution in [2.24, 2.45) is 0 Å². The Morgan fingerprint density at radius 3 is 1.38 bits per heavy atom. The summed E-state index contributed by atoms with van der Waals surface area (Å²) >= 11 is 0. The van der Waals surface area contributed by atoms with Crippen LogP contribution in [0.15, 0.2) is 158 Å². The maximum atomic E-state index is 13.5. The molecule has 0 saturated carbocycles. The fraction of sp³-hybridized carbons (Fsp3) is 0.594. The summed E-state index contributed by atoms with van der Waals surface area (Å²) in [6, 6.07) is -0.936. The molecule has 3 unspecified atom stereocenters. The van der Waals surface area contributed by atoms with Crippen molar-refractivity contribution in [2.75, 3.05) is 40.9 Å². The Morgan fingerprint density at radius 2 is 0.873 bits per heavy atom. The van der Waals surface area contributed by atoms with Crippen molar-refractivity contribution >= 4 is 19.7 Å². The Bertz CT molecular complexity index is 1910. The van der Waals surface area contributed by atoms with E-state index in [-0.39, 0.29) is 31.3 Å². The number of rotatable bonds is 53. The van der Waals surface area contributed by atoms with Gasteiger partial charge in [-0.2, -0.15) is 0 Å². The van der Waals surface area contributed by atoms with Gasteiger partial charge in [0.1, 0.15) is 19.3 Å². The summed E-state index contributed by atoms with van der Waals surface area (Å²) in [5.41, 5.74) is 0. The van der Waals surface area contributed by atoms with Crippen molar-refractivity contribution in [3.63, 3.8) is 0 Å². The van der Waals surface area contributed by atoms with Gasteiger partial charge in [0.2, 0.25) is 5.91 Å². The molecule has 0 fully saturated rings. The van der Waals surface area contributed by atoms with Gasteiger partial charge < -0.3 is 28.5 Å². The van der Waals surface area contributed by atoms with Gasteiger partial charge in [-0.25, -0.2) is 0 Å². The third-order valence-corrected chi connectivity index (χ3v) is 13.6. The van der Waals surface area contributed by atoms with Crippen LogP contribution < -0.4 is 10.2 Å². The minimum absolute atomic E-state index is 0.0459. The number of phosphoric acid groups is 1. The number of unbranched alkanes of at least 4 members (excludes halogenated alkanes) is 18. The van der Waals surface area contributed by atoms with Crippen LogP contribution in [0.3, 0.4) is 0 Å². The van der Waals surface area contributed by atoms with E-state index in [1.807, 2.05) is 88.0 Å². The van der Waals surface area contributed by atoms with E-state index in [2.05, 4.69) is 111 Å². The Labute approximate surface area is 484 Å². The predicted molar refractivity (Wildman–Crippen MR) is 339 cm³/mol. The molecule has 79 heavy (non-hydrogen) atoms. The number of amides is 1. The molecule has 1 N–H and O–H groups in total. The van der Waals surface area contributed by atoms with Crippen LogP contribution in [0, 0.1) is 0 Å². The minimum Gasteiger partial charge on any atom is -0.756 e. The zero-order chi connectivity index (χ0) is 57.9. The maximum absolute atomic E-state index is 13.5. The van der Waals surface area contributed by atoms with Crippen molar-refractivity contribution in [3.8, 4) is 0 Å². The van der Waals surface area contributed by atoms with Crippen molar-refractivity contribution in [3.05, 3.63) is 158 Å². The van der Waals surface area contributed by atoms with E-state index in [1.165, 1.54) is 57.8 Å². The van der Waals surface area contributed by atoms with Crippen LogP contribution >= 0.6 is 7.82 Å². The zero-order valence-electron chi connectivity index (χ0n) is 50.8. The number of nitrogens with zero attached hydrogens (tertiary/aromatic N) is 1. The monoisotopic (exact) mass is 1110 g/mol. The average Bonchev–Trinajstić information content (AvgIpc) is 3.41. The summed E-state index contributed by atoms with van der Waals surface area (Å²) in [5, 5.41) is 2.99. The van der Waals surface area contributed by atoms with E-state index in [1.54, 1.807) is 6.08 Å². The van der Waals surface area contributed by atoms with Crippen molar-refractivity contribution in [1.29, 1.82) is 0 Å². The highest BCUT2D eigenvalue weighted by molar-refractivity contribution is 7.45. The van der Waals surface area contributed by atoms with Gasteiger partial charge in [-0.1, -0.05) is 256 Å². The van der Waals surface area contributed by atoms with E-state index in [0.29, 0.717) is 23.9 Å². The third-order valence-electron chi connectivity index (χ3n) is 12.6. The molecule has 0 aliphatic carbocycles. The van der Waals surface area contributed by atoms with Gasteiger partial charge in [0.25, 0.3) is 7.82 Å². The molecule has 0 aliphatic rings. The van der Waals surface area contributed by atoms with Crippen LogP contribution in [-0.2, 0) is 27.9 Å². The first kappa shape index (κ1) is 74.6. The number of likely N-dealkylation sites (N-methyl/N-ethyl adjacent to an activating group) is 1. The number of hydrogen-bond acceptors (Lipinski definition) is 7. The molecule has 0 aliphatic heterocycles. The summed E-state index contributed by atoms with van der Waals surface area (Å²) < 4.78 is 30.3. The molecule has 1 amide bonds. The van der Waals surface area contributed by atoms with Crippen LogP contribution in [0.25, 0.3) is 0 Å².